The van der Waals surface area contributed by atoms with Gasteiger partial charge in [-0.15, -0.1) is 11.3 Å². The first-order valence-electron chi connectivity index (χ1n) is 8.05. The number of halogens is 2. The molecule has 8 heteroatoms. The normalized spacial score (nSPS) is 16.7. The first-order valence-corrected chi connectivity index (χ1v) is 10.4. The smallest absolute Gasteiger partial charge is 0.225 e. The van der Waals surface area contributed by atoms with Gasteiger partial charge in [0.25, 0.3) is 0 Å². The van der Waals surface area contributed by atoms with Crippen molar-refractivity contribution < 1.29 is 22.0 Å². The highest BCUT2D eigenvalue weighted by Crippen LogP contribution is 2.46. The van der Waals surface area contributed by atoms with Crippen LogP contribution in [0.25, 0.3) is 0 Å². The van der Waals surface area contributed by atoms with E-state index in [4.69, 9.17) is 0 Å². The maximum absolute atomic E-state index is 14.3. The Morgan fingerprint density at radius 2 is 1.67 bits per heavy atom. The zero-order valence-corrected chi connectivity index (χ0v) is 15.4. The van der Waals surface area contributed by atoms with Gasteiger partial charge in [0.15, 0.2) is 0 Å². The lowest BCUT2D eigenvalue weighted by Gasteiger charge is -2.24. The monoisotopic (exact) mass is 405 g/mol. The van der Waals surface area contributed by atoms with Gasteiger partial charge < -0.3 is 5.32 Å². The van der Waals surface area contributed by atoms with Crippen LogP contribution in [0.3, 0.4) is 0 Å². The Morgan fingerprint density at radius 1 is 1.00 bits per heavy atom. The van der Waals surface area contributed by atoms with Crippen molar-refractivity contribution in [2.75, 3.05) is 5.32 Å². The summed E-state index contributed by atoms with van der Waals surface area (Å²) in [7, 11) is -3.88. The third-order valence-electron chi connectivity index (χ3n) is 4.45. The van der Waals surface area contributed by atoms with Gasteiger partial charge in [0.05, 0.1) is 10.6 Å². The number of hydrogen-bond donors (Lipinski definition) is 1. The number of amides is 1. The highest BCUT2D eigenvalue weighted by atomic mass is 32.2. The lowest BCUT2D eigenvalue weighted by atomic mass is 9.90. The van der Waals surface area contributed by atoms with Crippen LogP contribution < -0.4 is 5.32 Å². The summed E-state index contributed by atoms with van der Waals surface area (Å²) in [5, 5.41) is 3.98. The first-order chi connectivity index (χ1) is 12.9. The van der Waals surface area contributed by atoms with Crippen LogP contribution in [0.5, 0.6) is 0 Å². The number of fused-ring (bicyclic) bond motifs is 1. The highest BCUT2D eigenvalue weighted by Gasteiger charge is 2.36. The molecule has 0 bridgehead atoms. The molecule has 0 aliphatic carbocycles. The maximum Gasteiger partial charge on any atom is 0.225 e. The Morgan fingerprint density at radius 3 is 2.33 bits per heavy atom. The maximum atomic E-state index is 14.3. The van der Waals surface area contributed by atoms with E-state index in [0.717, 1.165) is 23.5 Å². The minimum absolute atomic E-state index is 0.0662. The van der Waals surface area contributed by atoms with Gasteiger partial charge in [0.2, 0.25) is 15.7 Å². The minimum Gasteiger partial charge on any atom is -0.324 e. The zero-order valence-electron chi connectivity index (χ0n) is 13.8. The first kappa shape index (κ1) is 17.8. The molecule has 1 aliphatic heterocycles. The van der Waals surface area contributed by atoms with Crippen molar-refractivity contribution in [2.24, 2.45) is 0 Å². The molecule has 2 aromatic carbocycles. The van der Waals surface area contributed by atoms with Gasteiger partial charge in [-0.1, -0.05) is 24.3 Å². The molecule has 0 radical (unpaired) electrons. The summed E-state index contributed by atoms with van der Waals surface area (Å²) in [6.07, 6.45) is -0.157. The minimum atomic E-state index is -3.88. The third-order valence-corrected chi connectivity index (χ3v) is 7.49. The second-order valence-corrected chi connectivity index (χ2v) is 8.93. The van der Waals surface area contributed by atoms with Crippen LogP contribution in [0, 0.1) is 11.6 Å². The van der Waals surface area contributed by atoms with Crippen LogP contribution in [-0.4, -0.2) is 14.3 Å². The number of carbonyl (C=O) groups excluding carboxylic acids is 1. The van der Waals surface area contributed by atoms with Crippen LogP contribution in [0.4, 0.5) is 14.5 Å². The fourth-order valence-electron chi connectivity index (χ4n) is 3.21. The lowest BCUT2D eigenvalue weighted by molar-refractivity contribution is -0.116. The van der Waals surface area contributed by atoms with Crippen LogP contribution in [-0.2, 0) is 14.6 Å². The van der Waals surface area contributed by atoms with Gasteiger partial charge in [-0.25, -0.2) is 17.2 Å². The van der Waals surface area contributed by atoms with Gasteiger partial charge in [0.1, 0.15) is 16.5 Å². The number of nitrogens with one attached hydrogen (secondary N) is 1. The fraction of sp³-hybridized carbons (Fsp3) is 0.105. The van der Waals surface area contributed by atoms with Crippen molar-refractivity contribution in [3.05, 3.63) is 76.0 Å². The Hall–Kier alpha value is -2.58. The SMILES string of the molecule is O=C1C[C@@H](c2c(F)cccc2F)c2scc(S(=O)(=O)c3ccccc3)c2N1. The van der Waals surface area contributed by atoms with Crippen LogP contribution in [0.15, 0.2) is 63.7 Å². The average Bonchev–Trinajstić information content (AvgIpc) is 3.07. The third kappa shape index (κ3) is 2.94. The van der Waals surface area contributed by atoms with Crippen molar-refractivity contribution in [1.29, 1.82) is 0 Å². The molecule has 1 amide bonds. The molecule has 0 fully saturated rings. The Balaban J connectivity index is 1.89. The van der Waals surface area contributed by atoms with Crippen molar-refractivity contribution in [2.45, 2.75) is 22.1 Å². The van der Waals surface area contributed by atoms with E-state index in [1.807, 2.05) is 0 Å². The quantitative estimate of drug-likeness (QED) is 0.705. The molecule has 0 spiro atoms. The van der Waals surface area contributed by atoms with Gasteiger partial charge in [-0.05, 0) is 24.3 Å². The van der Waals surface area contributed by atoms with Gasteiger partial charge >= 0.3 is 0 Å². The number of carbonyl (C=O) groups is 1. The number of sulfone groups is 1. The molecule has 1 aliphatic rings. The van der Waals surface area contributed by atoms with E-state index < -0.39 is 33.3 Å². The summed E-state index contributed by atoms with van der Waals surface area (Å²) in [5.41, 5.74) is -0.119. The second kappa shape index (κ2) is 6.54. The van der Waals surface area contributed by atoms with E-state index in [9.17, 15) is 22.0 Å². The van der Waals surface area contributed by atoms with Crippen molar-refractivity contribution >= 4 is 32.8 Å². The summed E-state index contributed by atoms with van der Waals surface area (Å²) in [5.74, 6) is -2.89. The topological polar surface area (TPSA) is 63.2 Å². The standard InChI is InChI=1S/C19H13F2NO3S2/c20-13-7-4-8-14(21)17(13)12-9-16(23)22-18-15(10-26-19(12)18)27(24,25)11-5-2-1-3-6-11/h1-8,10,12H,9H2,(H,22,23)/t12-/m0/s1. The van der Waals surface area contributed by atoms with E-state index in [2.05, 4.69) is 5.32 Å². The molecule has 138 valence electrons. The van der Waals surface area contributed by atoms with Crippen LogP contribution in [0.2, 0.25) is 0 Å². The highest BCUT2D eigenvalue weighted by molar-refractivity contribution is 7.91. The molecule has 0 saturated carbocycles. The van der Waals surface area contributed by atoms with Crippen LogP contribution >= 0.6 is 11.3 Å². The van der Waals surface area contributed by atoms with Crippen molar-refractivity contribution in [3.63, 3.8) is 0 Å². The molecule has 1 aromatic heterocycles. The van der Waals surface area contributed by atoms with Gasteiger partial charge in [-0.3, -0.25) is 4.79 Å². The summed E-state index contributed by atoms with van der Waals surface area (Å²) >= 11 is 1.07. The Kier molecular flexibility index (Phi) is 4.32. The number of thiophene rings is 1. The molecule has 27 heavy (non-hydrogen) atoms. The number of hydrogen-bond acceptors (Lipinski definition) is 4. The molecule has 2 heterocycles. The molecule has 4 nitrogen and oxygen atoms in total. The van der Waals surface area contributed by atoms with Crippen molar-refractivity contribution in [3.8, 4) is 0 Å². The molecule has 1 atom stereocenters. The molecular weight excluding hydrogens is 392 g/mol. The number of benzene rings is 2. The summed E-state index contributed by atoms with van der Waals surface area (Å²) in [4.78, 5) is 12.6. The van der Waals surface area contributed by atoms with E-state index in [-0.39, 0.29) is 27.5 Å². The molecular formula is C19H13F2NO3S2. The van der Waals surface area contributed by atoms with Crippen LogP contribution in [0.1, 0.15) is 22.8 Å². The van der Waals surface area contributed by atoms with E-state index in [1.54, 1.807) is 18.2 Å². The van der Waals surface area contributed by atoms with E-state index in [1.165, 1.54) is 23.6 Å². The summed E-state index contributed by atoms with van der Waals surface area (Å²) in [6, 6.07) is 11.3. The Bertz CT molecular complexity index is 1120. The second-order valence-electron chi connectivity index (χ2n) is 6.10. The van der Waals surface area contributed by atoms with Crippen molar-refractivity contribution in [1.82, 2.24) is 0 Å². The van der Waals surface area contributed by atoms with Gasteiger partial charge in [0, 0.05) is 28.2 Å². The molecule has 3 aromatic rings. The van der Waals surface area contributed by atoms with Gasteiger partial charge in [-0.2, -0.15) is 0 Å². The Labute approximate surface area is 158 Å². The van der Waals surface area contributed by atoms with E-state index >= 15 is 0 Å². The largest absolute Gasteiger partial charge is 0.324 e. The lowest BCUT2D eigenvalue weighted by Crippen LogP contribution is -2.24. The zero-order chi connectivity index (χ0) is 19.2. The predicted molar refractivity (Wildman–Crippen MR) is 97.7 cm³/mol. The average molecular weight is 405 g/mol. The van der Waals surface area contributed by atoms with E-state index in [0.29, 0.717) is 4.88 Å². The number of rotatable bonds is 3. The summed E-state index contributed by atoms with van der Waals surface area (Å²) < 4.78 is 54.5. The molecule has 4 rings (SSSR count). The number of anilines is 1. The fourth-order valence-corrected chi connectivity index (χ4v) is 6.12. The molecule has 1 N–H and O–H groups in total. The molecule has 0 unspecified atom stereocenters. The predicted octanol–water partition coefficient (Wildman–Crippen LogP) is 4.33. The summed E-state index contributed by atoms with van der Waals surface area (Å²) in [6.45, 7) is 0. The molecule has 0 saturated heterocycles.